The fraction of sp³-hybridized carbons (Fsp3) is 0.345. The van der Waals surface area contributed by atoms with Crippen LogP contribution in [0.1, 0.15) is 58.9 Å². The summed E-state index contributed by atoms with van der Waals surface area (Å²) in [5, 5.41) is 28.7. The summed E-state index contributed by atoms with van der Waals surface area (Å²) >= 11 is 1.41. The van der Waals surface area contributed by atoms with E-state index in [1.165, 1.54) is 17.4 Å². The average molecular weight is 550 g/mol. The van der Waals surface area contributed by atoms with E-state index in [1.807, 2.05) is 36.6 Å². The van der Waals surface area contributed by atoms with E-state index in [4.69, 9.17) is 9.47 Å². The quantitative estimate of drug-likeness (QED) is 0.336. The number of allylic oxidation sites excluding steroid dienone is 1. The molecule has 0 saturated heterocycles. The topological polar surface area (TPSA) is 130 Å². The number of thiazole rings is 1. The highest BCUT2D eigenvalue weighted by Gasteiger charge is 2.35. The number of rotatable bonds is 2. The van der Waals surface area contributed by atoms with Crippen molar-refractivity contribution in [2.45, 2.75) is 51.2 Å². The molecule has 2 aromatic carbocycles. The van der Waals surface area contributed by atoms with Crippen LogP contribution in [0.25, 0.3) is 0 Å². The number of ether oxygens (including phenoxy) is 2. The van der Waals surface area contributed by atoms with Crippen LogP contribution < -0.4 is 20.1 Å². The second-order valence-electron chi connectivity index (χ2n) is 9.87. The summed E-state index contributed by atoms with van der Waals surface area (Å²) in [6.45, 7) is 2.74. The lowest BCUT2D eigenvalue weighted by Gasteiger charge is -2.37. The van der Waals surface area contributed by atoms with Gasteiger partial charge in [-0.1, -0.05) is 12.2 Å². The van der Waals surface area contributed by atoms with Gasteiger partial charge in [0, 0.05) is 35.5 Å². The molecule has 2 aliphatic rings. The Bertz CT molecular complexity index is 1420. The van der Waals surface area contributed by atoms with Gasteiger partial charge in [0.25, 0.3) is 0 Å². The monoisotopic (exact) mass is 549 g/mol. The molecule has 1 atom stereocenters. The molecule has 10 heteroatoms. The molecule has 6 bridgehead atoms. The second-order valence-corrected chi connectivity index (χ2v) is 10.7. The SMILES string of the molecule is C[C@@]12CC(=O)Nc3nc(cs3)CC/C=C/CCOc3cc(ccc3C(=O)O)Oc3cc1c(cc3CO)CCN2. The number of anilines is 1. The van der Waals surface area contributed by atoms with Crippen molar-refractivity contribution in [2.75, 3.05) is 18.5 Å². The minimum absolute atomic E-state index is 0.0414. The number of aliphatic hydroxyl groups excluding tert-OH is 1. The Morgan fingerprint density at radius 3 is 2.82 bits per heavy atom. The number of nitrogens with one attached hydrogen (secondary N) is 2. The molecule has 204 valence electrons. The molecule has 3 aromatic rings. The van der Waals surface area contributed by atoms with Gasteiger partial charge >= 0.3 is 5.97 Å². The number of aryl methyl sites for hydroxylation is 1. The van der Waals surface area contributed by atoms with Crippen molar-refractivity contribution in [2.24, 2.45) is 0 Å². The number of hydrogen-bond acceptors (Lipinski definition) is 8. The molecule has 0 unspecified atom stereocenters. The number of amides is 1. The van der Waals surface area contributed by atoms with E-state index >= 15 is 0 Å². The third-order valence-electron chi connectivity index (χ3n) is 6.96. The molecule has 0 saturated carbocycles. The van der Waals surface area contributed by atoms with E-state index in [-0.39, 0.29) is 30.2 Å². The van der Waals surface area contributed by atoms with Gasteiger partial charge in [-0.25, -0.2) is 9.78 Å². The fourth-order valence-electron chi connectivity index (χ4n) is 5.00. The van der Waals surface area contributed by atoms with Gasteiger partial charge in [-0.2, -0.15) is 0 Å². The summed E-state index contributed by atoms with van der Waals surface area (Å²) in [5.74, 6) is -0.219. The van der Waals surface area contributed by atoms with Crippen LogP contribution in [0.5, 0.6) is 17.2 Å². The summed E-state index contributed by atoms with van der Waals surface area (Å²) in [7, 11) is 0. The molecule has 5 rings (SSSR count). The van der Waals surface area contributed by atoms with Gasteiger partial charge in [0.2, 0.25) is 5.91 Å². The van der Waals surface area contributed by atoms with E-state index in [1.54, 1.807) is 12.1 Å². The molecule has 2 aliphatic heterocycles. The summed E-state index contributed by atoms with van der Waals surface area (Å²) in [4.78, 5) is 29.5. The molecular formula is C29H31N3O6S. The zero-order chi connectivity index (χ0) is 27.4. The van der Waals surface area contributed by atoms with Gasteiger partial charge in [-0.15, -0.1) is 11.3 Å². The number of aliphatic hydroxyl groups is 1. The van der Waals surface area contributed by atoms with Crippen molar-refractivity contribution >= 4 is 28.3 Å². The third-order valence-corrected chi connectivity index (χ3v) is 7.77. The smallest absolute Gasteiger partial charge is 0.339 e. The van der Waals surface area contributed by atoms with Gasteiger partial charge < -0.3 is 30.3 Å². The lowest BCUT2D eigenvalue weighted by atomic mass is 9.80. The number of carboxylic acid groups (broad SMARTS) is 1. The van der Waals surface area contributed by atoms with E-state index < -0.39 is 11.5 Å². The highest BCUT2D eigenvalue weighted by atomic mass is 32.1. The summed E-state index contributed by atoms with van der Waals surface area (Å²) in [6.07, 6.45) is 7.09. The van der Waals surface area contributed by atoms with Crippen LogP contribution in [0.15, 0.2) is 47.9 Å². The molecule has 0 fully saturated rings. The second kappa shape index (κ2) is 11.6. The number of hydrogen-bond donors (Lipinski definition) is 4. The molecular weight excluding hydrogens is 518 g/mol. The highest BCUT2D eigenvalue weighted by Crippen LogP contribution is 2.39. The maximum atomic E-state index is 13.1. The van der Waals surface area contributed by atoms with Crippen molar-refractivity contribution in [3.05, 3.63) is 75.8 Å². The van der Waals surface area contributed by atoms with Crippen LogP contribution >= 0.6 is 11.3 Å². The maximum Gasteiger partial charge on any atom is 0.339 e. The Balaban J connectivity index is 1.53. The Kier molecular flexibility index (Phi) is 7.97. The average Bonchev–Trinajstić information content (AvgIpc) is 3.34. The number of carboxylic acids is 1. The first-order valence-electron chi connectivity index (χ1n) is 12.9. The predicted octanol–water partition coefficient (Wildman–Crippen LogP) is 4.79. The van der Waals surface area contributed by atoms with E-state index in [2.05, 4.69) is 15.6 Å². The largest absolute Gasteiger partial charge is 0.492 e. The Morgan fingerprint density at radius 1 is 1.15 bits per heavy atom. The molecule has 0 aliphatic carbocycles. The summed E-state index contributed by atoms with van der Waals surface area (Å²) in [6, 6.07) is 8.35. The molecule has 4 N–H and O–H groups in total. The van der Waals surface area contributed by atoms with Crippen molar-refractivity contribution in [1.29, 1.82) is 0 Å². The van der Waals surface area contributed by atoms with Gasteiger partial charge in [0.15, 0.2) is 5.13 Å². The molecule has 1 aromatic heterocycles. The first kappa shape index (κ1) is 26.9. The van der Waals surface area contributed by atoms with Crippen molar-refractivity contribution in [3.8, 4) is 17.2 Å². The summed E-state index contributed by atoms with van der Waals surface area (Å²) in [5.41, 5.74) is 2.83. The van der Waals surface area contributed by atoms with E-state index in [0.29, 0.717) is 41.8 Å². The standard InChI is InChI=1S/C29H31N3O6S/c1-29-15-26(34)32-28-31-20(17-39-28)6-4-2-3-5-11-37-25-13-21(7-8-22(25)27(35)36)38-24-14-23(29)18(9-10-30-29)12-19(24)16-33/h2-3,7-8,12-14,17,30,33H,4-6,9-11,15-16H2,1H3,(H,35,36)(H,31,32,34)/b3-2+/t29-/m1/s1. The first-order valence-corrected chi connectivity index (χ1v) is 13.8. The number of nitrogens with zero attached hydrogens (tertiary/aromatic N) is 1. The lowest BCUT2D eigenvalue weighted by molar-refractivity contribution is -0.117. The fourth-order valence-corrected chi connectivity index (χ4v) is 5.76. The number of aromatic carboxylic acids is 1. The van der Waals surface area contributed by atoms with Crippen molar-refractivity contribution in [1.82, 2.24) is 10.3 Å². The number of fused-ring (bicyclic) bond motifs is 5. The van der Waals surface area contributed by atoms with E-state index in [0.717, 1.165) is 36.1 Å². The van der Waals surface area contributed by atoms with Crippen LogP contribution in [-0.4, -0.2) is 40.2 Å². The minimum atomic E-state index is -1.09. The molecule has 1 amide bonds. The van der Waals surface area contributed by atoms with Crippen LogP contribution in [0.3, 0.4) is 0 Å². The van der Waals surface area contributed by atoms with Gasteiger partial charge in [0.1, 0.15) is 22.8 Å². The van der Waals surface area contributed by atoms with Crippen LogP contribution in [0.2, 0.25) is 0 Å². The zero-order valence-corrected chi connectivity index (χ0v) is 22.5. The number of aromatic nitrogens is 1. The van der Waals surface area contributed by atoms with Crippen LogP contribution in [0.4, 0.5) is 5.13 Å². The van der Waals surface area contributed by atoms with Crippen LogP contribution in [0, 0.1) is 0 Å². The third kappa shape index (κ3) is 6.13. The summed E-state index contributed by atoms with van der Waals surface area (Å²) < 4.78 is 12.0. The highest BCUT2D eigenvalue weighted by molar-refractivity contribution is 7.13. The number of carbonyl (C=O) groups is 2. The van der Waals surface area contributed by atoms with Gasteiger partial charge in [-0.3, -0.25) is 4.79 Å². The minimum Gasteiger partial charge on any atom is -0.492 e. The zero-order valence-electron chi connectivity index (χ0n) is 21.7. The molecule has 0 spiro atoms. The van der Waals surface area contributed by atoms with Crippen molar-refractivity contribution in [3.63, 3.8) is 0 Å². The van der Waals surface area contributed by atoms with Gasteiger partial charge in [-0.05, 0) is 68.0 Å². The van der Waals surface area contributed by atoms with Gasteiger partial charge in [0.05, 0.1) is 18.9 Å². The Labute approximate surface area is 230 Å². The molecule has 0 radical (unpaired) electrons. The molecule has 39 heavy (non-hydrogen) atoms. The van der Waals surface area contributed by atoms with Crippen LogP contribution in [-0.2, 0) is 29.8 Å². The normalized spacial score (nSPS) is 20.5. The Morgan fingerprint density at radius 2 is 2.00 bits per heavy atom. The maximum absolute atomic E-state index is 13.1. The number of carbonyl (C=O) groups excluding carboxylic acids is 1. The Hall–Kier alpha value is -3.73. The molecule has 3 heterocycles. The molecule has 9 nitrogen and oxygen atoms in total. The number of benzene rings is 2. The lowest BCUT2D eigenvalue weighted by Crippen LogP contribution is -2.47. The van der Waals surface area contributed by atoms with E-state index in [9.17, 15) is 19.8 Å². The first-order chi connectivity index (χ1) is 18.8. The van der Waals surface area contributed by atoms with Crippen molar-refractivity contribution < 1.29 is 29.3 Å². The predicted molar refractivity (Wildman–Crippen MR) is 148 cm³/mol.